The van der Waals surface area contributed by atoms with Crippen LogP contribution < -0.4 is 14.2 Å². The second-order valence-corrected chi connectivity index (χ2v) is 6.19. The average molecular weight is 349 g/mol. The first-order valence-electron chi connectivity index (χ1n) is 7.21. The first kappa shape index (κ1) is 17.9. The maximum Gasteiger partial charge on any atom is 0.220 e. The lowest BCUT2D eigenvalue weighted by atomic mass is 10.1. The Morgan fingerprint density at radius 1 is 1.04 bits per heavy atom. The van der Waals surface area contributed by atoms with E-state index in [-0.39, 0.29) is 16.7 Å². The maximum atomic E-state index is 11.1. The summed E-state index contributed by atoms with van der Waals surface area (Å²) in [6, 6.07) is 12.8. The predicted molar refractivity (Wildman–Crippen MR) is 93.0 cm³/mol. The Labute approximate surface area is 144 Å². The molecule has 0 aliphatic heterocycles. The normalized spacial score (nSPS) is 11.6. The number of ether oxygens (including phenoxy) is 3. The smallest absolute Gasteiger partial charge is 0.220 e. The van der Waals surface area contributed by atoms with E-state index in [1.54, 1.807) is 27.4 Å². The monoisotopic (exact) mass is 349 g/mol. The molecule has 2 aromatic rings. The van der Waals surface area contributed by atoms with E-state index in [1.807, 2.05) is 36.4 Å². The molecule has 0 aromatic heterocycles. The Hall–Kier alpha value is -2.41. The number of nitro groups is 1. The van der Waals surface area contributed by atoms with E-state index in [2.05, 4.69) is 0 Å². The molecule has 1 atom stereocenters. The van der Waals surface area contributed by atoms with Crippen molar-refractivity contribution < 1.29 is 19.1 Å². The predicted octanol–water partition coefficient (Wildman–Crippen LogP) is 3.82. The van der Waals surface area contributed by atoms with Gasteiger partial charge in [0.25, 0.3) is 0 Å². The summed E-state index contributed by atoms with van der Waals surface area (Å²) in [5.41, 5.74) is 0.839. The third kappa shape index (κ3) is 4.55. The number of hydrogen-bond donors (Lipinski definition) is 0. The van der Waals surface area contributed by atoms with Gasteiger partial charge in [0.15, 0.2) is 11.5 Å². The molecule has 0 unspecified atom stereocenters. The highest BCUT2D eigenvalue weighted by molar-refractivity contribution is 7.99. The van der Waals surface area contributed by atoms with Crippen LogP contribution in [0.15, 0.2) is 47.4 Å². The fourth-order valence-electron chi connectivity index (χ4n) is 2.24. The summed E-state index contributed by atoms with van der Waals surface area (Å²) >= 11 is 1.41. The van der Waals surface area contributed by atoms with Gasteiger partial charge in [0, 0.05) is 9.82 Å². The van der Waals surface area contributed by atoms with Gasteiger partial charge < -0.3 is 14.2 Å². The van der Waals surface area contributed by atoms with Crippen LogP contribution in [0.25, 0.3) is 0 Å². The first-order valence-corrected chi connectivity index (χ1v) is 8.09. The fourth-order valence-corrected chi connectivity index (χ4v) is 3.37. The molecule has 7 heteroatoms. The molecular weight excluding hydrogens is 330 g/mol. The maximum absolute atomic E-state index is 11.1. The van der Waals surface area contributed by atoms with Crippen molar-refractivity contribution in [1.29, 1.82) is 0 Å². The molecule has 128 valence electrons. The van der Waals surface area contributed by atoms with Gasteiger partial charge in [-0.2, -0.15) is 0 Å². The molecule has 0 heterocycles. The van der Waals surface area contributed by atoms with Crippen molar-refractivity contribution in [2.75, 3.05) is 27.9 Å². The summed E-state index contributed by atoms with van der Waals surface area (Å²) in [6.45, 7) is -0.188. The number of thioether (sulfide) groups is 1. The van der Waals surface area contributed by atoms with Crippen molar-refractivity contribution in [3.8, 4) is 17.2 Å². The number of nitrogens with zero attached hydrogens (tertiary/aromatic N) is 1. The molecule has 0 fully saturated rings. The molecule has 6 nitrogen and oxygen atoms in total. The number of benzene rings is 2. The minimum atomic E-state index is -0.340. The minimum Gasteiger partial charge on any atom is -0.497 e. The Morgan fingerprint density at radius 2 is 1.79 bits per heavy atom. The summed E-state index contributed by atoms with van der Waals surface area (Å²) in [6.07, 6.45) is 0. The van der Waals surface area contributed by atoms with Crippen molar-refractivity contribution in [2.24, 2.45) is 0 Å². The Kier molecular flexibility index (Phi) is 6.31. The molecule has 0 saturated heterocycles. The summed E-state index contributed by atoms with van der Waals surface area (Å²) < 4.78 is 15.7. The van der Waals surface area contributed by atoms with E-state index in [4.69, 9.17) is 14.2 Å². The van der Waals surface area contributed by atoms with Crippen LogP contribution in [-0.4, -0.2) is 32.8 Å². The number of rotatable bonds is 8. The van der Waals surface area contributed by atoms with E-state index in [0.717, 1.165) is 10.5 Å². The van der Waals surface area contributed by atoms with Crippen LogP contribution in [0.2, 0.25) is 0 Å². The third-order valence-corrected chi connectivity index (χ3v) is 4.65. The largest absolute Gasteiger partial charge is 0.497 e. The van der Waals surface area contributed by atoms with Gasteiger partial charge in [0.05, 0.1) is 26.6 Å². The molecule has 0 spiro atoms. The highest BCUT2D eigenvalue weighted by Gasteiger charge is 2.20. The van der Waals surface area contributed by atoms with Gasteiger partial charge >= 0.3 is 0 Å². The van der Waals surface area contributed by atoms with Crippen molar-refractivity contribution in [3.63, 3.8) is 0 Å². The molecule has 24 heavy (non-hydrogen) atoms. The molecule has 0 saturated carbocycles. The quantitative estimate of drug-likeness (QED) is 0.410. The Morgan fingerprint density at radius 3 is 2.42 bits per heavy atom. The van der Waals surface area contributed by atoms with E-state index in [9.17, 15) is 10.1 Å². The van der Waals surface area contributed by atoms with Crippen molar-refractivity contribution in [3.05, 3.63) is 58.1 Å². The molecule has 0 aliphatic carbocycles. The van der Waals surface area contributed by atoms with Crippen LogP contribution in [-0.2, 0) is 0 Å². The topological polar surface area (TPSA) is 70.8 Å². The Balaban J connectivity index is 2.30. The standard InChI is InChI=1S/C17H19NO5S/c1-21-13-6-4-5-12(9-13)17(11-18(19)20)24-14-7-8-15(22-2)16(10-14)23-3/h4-10,17H,11H2,1-3H3/t17-/m1/s1. The third-order valence-electron chi connectivity index (χ3n) is 3.41. The number of hydrogen-bond acceptors (Lipinski definition) is 6. The van der Waals surface area contributed by atoms with E-state index in [0.29, 0.717) is 17.2 Å². The van der Waals surface area contributed by atoms with Crippen LogP contribution in [0, 0.1) is 10.1 Å². The summed E-state index contributed by atoms with van der Waals surface area (Å²) in [5.74, 6) is 1.89. The average Bonchev–Trinajstić information content (AvgIpc) is 2.60. The van der Waals surface area contributed by atoms with Gasteiger partial charge in [-0.25, -0.2) is 0 Å². The van der Waals surface area contributed by atoms with Crippen LogP contribution in [0.1, 0.15) is 10.8 Å². The van der Waals surface area contributed by atoms with Gasteiger partial charge in [0.2, 0.25) is 6.54 Å². The lowest BCUT2D eigenvalue weighted by Crippen LogP contribution is -2.10. The van der Waals surface area contributed by atoms with Crippen LogP contribution in [0.4, 0.5) is 0 Å². The lowest BCUT2D eigenvalue weighted by molar-refractivity contribution is -0.479. The van der Waals surface area contributed by atoms with Gasteiger partial charge in [-0.1, -0.05) is 12.1 Å². The summed E-state index contributed by atoms with van der Waals surface area (Å²) in [4.78, 5) is 11.6. The van der Waals surface area contributed by atoms with Crippen molar-refractivity contribution >= 4 is 11.8 Å². The van der Waals surface area contributed by atoms with E-state index in [1.165, 1.54) is 11.8 Å². The molecule has 2 rings (SSSR count). The van der Waals surface area contributed by atoms with Crippen molar-refractivity contribution in [1.82, 2.24) is 0 Å². The van der Waals surface area contributed by atoms with Crippen LogP contribution in [0.5, 0.6) is 17.2 Å². The fraction of sp³-hybridized carbons (Fsp3) is 0.294. The second kappa shape index (κ2) is 8.44. The second-order valence-electron chi connectivity index (χ2n) is 4.92. The summed E-state index contributed by atoms with van der Waals surface area (Å²) in [7, 11) is 4.70. The highest BCUT2D eigenvalue weighted by atomic mass is 32.2. The molecule has 0 aliphatic rings. The van der Waals surface area contributed by atoms with Gasteiger partial charge in [-0.15, -0.1) is 11.8 Å². The molecule has 0 bridgehead atoms. The van der Waals surface area contributed by atoms with Gasteiger partial charge in [0.1, 0.15) is 5.75 Å². The molecule has 0 amide bonds. The van der Waals surface area contributed by atoms with E-state index < -0.39 is 0 Å². The summed E-state index contributed by atoms with van der Waals surface area (Å²) in [5, 5.41) is 10.7. The first-order chi connectivity index (χ1) is 11.6. The molecule has 2 aromatic carbocycles. The zero-order valence-electron chi connectivity index (χ0n) is 13.7. The van der Waals surface area contributed by atoms with Gasteiger partial charge in [-0.3, -0.25) is 10.1 Å². The number of methoxy groups -OCH3 is 3. The van der Waals surface area contributed by atoms with Crippen LogP contribution in [0.3, 0.4) is 0 Å². The van der Waals surface area contributed by atoms with Crippen LogP contribution >= 0.6 is 11.8 Å². The molecular formula is C17H19NO5S. The SMILES string of the molecule is COc1cccc([C@@H](C[N+](=O)[O-])Sc2ccc(OC)c(OC)c2)c1. The highest BCUT2D eigenvalue weighted by Crippen LogP contribution is 2.40. The van der Waals surface area contributed by atoms with Gasteiger partial charge in [-0.05, 0) is 35.9 Å². The zero-order chi connectivity index (χ0) is 17.5. The molecule has 0 N–H and O–H groups in total. The Bertz CT molecular complexity index is 707. The lowest BCUT2D eigenvalue weighted by Gasteiger charge is -2.15. The minimum absolute atomic E-state index is 0.188. The van der Waals surface area contributed by atoms with Crippen molar-refractivity contribution in [2.45, 2.75) is 10.1 Å². The van der Waals surface area contributed by atoms with E-state index >= 15 is 0 Å². The zero-order valence-corrected chi connectivity index (χ0v) is 14.5. The molecule has 0 radical (unpaired) electrons.